The van der Waals surface area contributed by atoms with Crippen molar-refractivity contribution < 1.29 is 23.8 Å². The maximum atomic E-state index is 11.8. The van der Waals surface area contributed by atoms with Gasteiger partial charge in [-0.05, 0) is 30.7 Å². The lowest BCUT2D eigenvalue weighted by molar-refractivity contribution is -0.209. The second kappa shape index (κ2) is 7.45. The minimum atomic E-state index is -1.36. The van der Waals surface area contributed by atoms with E-state index in [0.29, 0.717) is 0 Å². The molecule has 5 heteroatoms. The lowest BCUT2D eigenvalue weighted by Crippen LogP contribution is -2.33. The van der Waals surface area contributed by atoms with Crippen LogP contribution in [0.5, 0.6) is 5.75 Å². The van der Waals surface area contributed by atoms with E-state index in [9.17, 15) is 9.59 Å². The molecule has 1 rings (SSSR count). The molecule has 0 aliphatic carbocycles. The molecule has 0 aromatic heterocycles. The average Bonchev–Trinajstić information content (AvgIpc) is 2.44. The first kappa shape index (κ1) is 17.5. The van der Waals surface area contributed by atoms with E-state index < -0.39 is 17.7 Å². The van der Waals surface area contributed by atoms with Gasteiger partial charge in [0.15, 0.2) is 0 Å². The molecule has 1 aromatic carbocycles. The number of benzene rings is 1. The van der Waals surface area contributed by atoms with Gasteiger partial charge in [-0.3, -0.25) is 0 Å². The van der Waals surface area contributed by atoms with Crippen LogP contribution >= 0.6 is 0 Å². The Hall–Kier alpha value is -2.56. The van der Waals surface area contributed by atoms with Crippen LogP contribution in [0.15, 0.2) is 42.5 Å². The highest BCUT2D eigenvalue weighted by Gasteiger charge is 2.26. The van der Waals surface area contributed by atoms with Gasteiger partial charge in [0.1, 0.15) is 5.75 Å². The minimum absolute atomic E-state index is 0.234. The zero-order valence-corrected chi connectivity index (χ0v) is 13.2. The van der Waals surface area contributed by atoms with Gasteiger partial charge in [-0.15, -0.1) is 0 Å². The largest absolute Gasteiger partial charge is 0.497 e. The van der Waals surface area contributed by atoms with Crippen molar-refractivity contribution in [2.45, 2.75) is 26.6 Å². The second-order valence-corrected chi connectivity index (χ2v) is 5.10. The molecule has 0 amide bonds. The molecule has 0 N–H and O–H groups in total. The molecule has 5 nitrogen and oxygen atoms in total. The van der Waals surface area contributed by atoms with Crippen molar-refractivity contribution in [2.24, 2.45) is 0 Å². The van der Waals surface area contributed by atoms with Gasteiger partial charge in [0.2, 0.25) is 0 Å². The average molecular weight is 304 g/mol. The number of hydrogen-bond acceptors (Lipinski definition) is 5. The fourth-order valence-corrected chi connectivity index (χ4v) is 1.49. The summed E-state index contributed by atoms with van der Waals surface area (Å²) >= 11 is 0. The Kier molecular flexibility index (Phi) is 5.92. The zero-order chi connectivity index (χ0) is 16.8. The van der Waals surface area contributed by atoms with Gasteiger partial charge in [-0.2, -0.15) is 0 Å². The number of rotatable bonds is 6. The Morgan fingerprint density at radius 1 is 1.14 bits per heavy atom. The van der Waals surface area contributed by atoms with Gasteiger partial charge in [0, 0.05) is 25.5 Å². The van der Waals surface area contributed by atoms with E-state index in [2.05, 4.69) is 6.58 Å². The van der Waals surface area contributed by atoms with Gasteiger partial charge in [0.25, 0.3) is 5.79 Å². The fourth-order valence-electron chi connectivity index (χ4n) is 1.49. The Morgan fingerprint density at radius 3 is 2.23 bits per heavy atom. The molecule has 0 unspecified atom stereocenters. The third-order valence-electron chi connectivity index (χ3n) is 2.56. The SMILES string of the molecule is C=C(C)C(=O)OC(C)(C)OC(=O)/C=C/c1ccc(OC)cc1. The van der Waals surface area contributed by atoms with E-state index in [1.165, 1.54) is 26.8 Å². The third kappa shape index (κ3) is 5.83. The van der Waals surface area contributed by atoms with E-state index in [1.54, 1.807) is 37.5 Å². The zero-order valence-electron chi connectivity index (χ0n) is 13.2. The van der Waals surface area contributed by atoms with Crippen molar-refractivity contribution in [3.05, 3.63) is 48.1 Å². The van der Waals surface area contributed by atoms with Gasteiger partial charge < -0.3 is 14.2 Å². The summed E-state index contributed by atoms with van der Waals surface area (Å²) in [6.07, 6.45) is 2.86. The quantitative estimate of drug-likeness (QED) is 0.459. The number of methoxy groups -OCH3 is 1. The Labute approximate surface area is 130 Å². The number of esters is 2. The highest BCUT2D eigenvalue weighted by molar-refractivity contribution is 5.89. The van der Waals surface area contributed by atoms with Crippen LogP contribution < -0.4 is 4.74 Å². The molecule has 1 aromatic rings. The van der Waals surface area contributed by atoms with Crippen molar-refractivity contribution in [3.63, 3.8) is 0 Å². The first-order valence-electron chi connectivity index (χ1n) is 6.67. The van der Waals surface area contributed by atoms with E-state index in [4.69, 9.17) is 14.2 Å². The first-order chi connectivity index (χ1) is 10.2. The summed E-state index contributed by atoms with van der Waals surface area (Å²) in [6.45, 7) is 7.95. The molecule has 0 fully saturated rings. The smallest absolute Gasteiger partial charge is 0.336 e. The molecular weight excluding hydrogens is 284 g/mol. The second-order valence-electron chi connectivity index (χ2n) is 5.10. The summed E-state index contributed by atoms with van der Waals surface area (Å²) in [4.78, 5) is 23.2. The minimum Gasteiger partial charge on any atom is -0.497 e. The third-order valence-corrected chi connectivity index (χ3v) is 2.56. The maximum Gasteiger partial charge on any atom is 0.336 e. The van der Waals surface area contributed by atoms with Crippen LogP contribution in [-0.4, -0.2) is 24.8 Å². The lowest BCUT2D eigenvalue weighted by Gasteiger charge is -2.24. The molecule has 0 atom stereocenters. The van der Waals surface area contributed by atoms with Crippen LogP contribution in [0.2, 0.25) is 0 Å². The molecular formula is C17H20O5. The van der Waals surface area contributed by atoms with E-state index in [1.807, 2.05) is 0 Å². The van der Waals surface area contributed by atoms with Gasteiger partial charge >= 0.3 is 11.9 Å². The van der Waals surface area contributed by atoms with Crippen molar-refractivity contribution >= 4 is 18.0 Å². The summed E-state index contributed by atoms with van der Waals surface area (Å²) in [6, 6.07) is 7.16. The summed E-state index contributed by atoms with van der Waals surface area (Å²) < 4.78 is 15.2. The van der Waals surface area contributed by atoms with Crippen LogP contribution in [0.3, 0.4) is 0 Å². The predicted octanol–water partition coefficient (Wildman–Crippen LogP) is 3.11. The topological polar surface area (TPSA) is 61.8 Å². The van der Waals surface area contributed by atoms with Crippen molar-refractivity contribution in [1.82, 2.24) is 0 Å². The first-order valence-corrected chi connectivity index (χ1v) is 6.67. The Bertz CT molecular complexity index is 582. The maximum absolute atomic E-state index is 11.8. The molecule has 22 heavy (non-hydrogen) atoms. The fraction of sp³-hybridized carbons (Fsp3) is 0.294. The normalized spacial score (nSPS) is 11.1. The van der Waals surface area contributed by atoms with Gasteiger partial charge in [0.05, 0.1) is 7.11 Å². The summed E-state index contributed by atoms with van der Waals surface area (Å²) in [7, 11) is 1.58. The number of ether oxygens (including phenoxy) is 3. The predicted molar refractivity (Wildman–Crippen MR) is 83.1 cm³/mol. The molecule has 118 valence electrons. The number of carbonyl (C=O) groups excluding carboxylic acids is 2. The molecule has 0 saturated heterocycles. The van der Waals surface area contributed by atoms with Crippen molar-refractivity contribution in [1.29, 1.82) is 0 Å². The van der Waals surface area contributed by atoms with Crippen LogP contribution in [0.4, 0.5) is 0 Å². The molecule has 0 aliphatic rings. The molecule has 0 saturated carbocycles. The summed E-state index contributed by atoms with van der Waals surface area (Å²) in [5, 5.41) is 0. The number of carbonyl (C=O) groups is 2. The van der Waals surface area contributed by atoms with Crippen molar-refractivity contribution in [3.8, 4) is 5.75 Å². The summed E-state index contributed by atoms with van der Waals surface area (Å²) in [5.74, 6) is -1.86. The summed E-state index contributed by atoms with van der Waals surface area (Å²) in [5.41, 5.74) is 1.05. The van der Waals surface area contributed by atoms with E-state index >= 15 is 0 Å². The Balaban J connectivity index is 2.62. The Morgan fingerprint density at radius 2 is 1.73 bits per heavy atom. The lowest BCUT2D eigenvalue weighted by atomic mass is 10.2. The van der Waals surface area contributed by atoms with Crippen LogP contribution in [0, 0.1) is 0 Å². The van der Waals surface area contributed by atoms with Crippen LogP contribution in [0.25, 0.3) is 6.08 Å². The monoisotopic (exact) mass is 304 g/mol. The van der Waals surface area contributed by atoms with Gasteiger partial charge in [-0.25, -0.2) is 9.59 Å². The van der Waals surface area contributed by atoms with Crippen LogP contribution in [-0.2, 0) is 19.1 Å². The highest BCUT2D eigenvalue weighted by Crippen LogP contribution is 2.15. The van der Waals surface area contributed by atoms with Gasteiger partial charge in [-0.1, -0.05) is 18.7 Å². The molecule has 0 bridgehead atoms. The molecule has 0 radical (unpaired) electrons. The van der Waals surface area contributed by atoms with E-state index in [-0.39, 0.29) is 5.57 Å². The molecule has 0 spiro atoms. The molecule has 0 aliphatic heterocycles. The molecule has 0 heterocycles. The van der Waals surface area contributed by atoms with E-state index in [0.717, 1.165) is 11.3 Å². The van der Waals surface area contributed by atoms with Crippen molar-refractivity contribution in [2.75, 3.05) is 7.11 Å². The standard InChI is InChI=1S/C17H20O5/c1-12(2)16(19)22-17(3,4)21-15(18)11-8-13-6-9-14(20-5)10-7-13/h6-11H,1H2,2-5H3/b11-8+. The van der Waals surface area contributed by atoms with Crippen LogP contribution in [0.1, 0.15) is 26.3 Å². The highest BCUT2D eigenvalue weighted by atomic mass is 16.7. The number of hydrogen-bond donors (Lipinski definition) is 0.